The monoisotopic (exact) mass is 397 g/mol. The highest BCUT2D eigenvalue weighted by molar-refractivity contribution is 6.82. The Kier molecular flexibility index (Phi) is 5.59. The lowest BCUT2D eigenvalue weighted by Gasteiger charge is -2.44. The predicted octanol–water partition coefficient (Wildman–Crippen LogP) is 5.69. The molecule has 1 atom stereocenters. The van der Waals surface area contributed by atoms with Gasteiger partial charge in [0.25, 0.3) is 0 Å². The van der Waals surface area contributed by atoms with Gasteiger partial charge < -0.3 is 9.55 Å². The number of carbonyl (C=O) groups is 1. The summed E-state index contributed by atoms with van der Waals surface area (Å²) in [5.41, 5.74) is 14.0. The Labute approximate surface area is 168 Å². The molecule has 0 aliphatic carbocycles. The van der Waals surface area contributed by atoms with E-state index in [1.165, 1.54) is 11.1 Å². The van der Waals surface area contributed by atoms with E-state index in [0.717, 1.165) is 17.4 Å². The van der Waals surface area contributed by atoms with Crippen LogP contribution in [0.4, 0.5) is 0 Å². The highest BCUT2D eigenvalue weighted by Crippen LogP contribution is 2.46. The first-order chi connectivity index (χ1) is 13.3. The van der Waals surface area contributed by atoms with Crippen molar-refractivity contribution in [1.29, 1.82) is 0 Å². The Morgan fingerprint density at radius 2 is 1.82 bits per heavy atom. The SMILES string of the molecule is CC(C)[Si](C(C)C)(C(C)C)n1cc2c3c(cccc31)C(N=[N+]=[N-])C(=O)NCC2. The number of carbonyl (C=O) groups excluding carboxylic acids is 1. The first kappa shape index (κ1) is 20.5. The quantitative estimate of drug-likeness (QED) is 0.299. The van der Waals surface area contributed by atoms with Crippen LogP contribution in [-0.2, 0) is 11.2 Å². The first-order valence-corrected chi connectivity index (χ1v) is 12.4. The summed E-state index contributed by atoms with van der Waals surface area (Å²) < 4.78 is 2.59. The van der Waals surface area contributed by atoms with Crippen LogP contribution in [0.25, 0.3) is 21.3 Å². The molecule has 0 bridgehead atoms. The van der Waals surface area contributed by atoms with Crippen LogP contribution >= 0.6 is 0 Å². The van der Waals surface area contributed by atoms with E-state index in [4.69, 9.17) is 5.53 Å². The number of rotatable bonds is 5. The molecule has 1 aromatic carbocycles. The molecule has 0 saturated carbocycles. The fraction of sp³-hybridized carbons (Fsp3) is 0.571. The van der Waals surface area contributed by atoms with E-state index in [0.29, 0.717) is 23.2 Å². The maximum Gasteiger partial charge on any atom is 0.233 e. The molecule has 1 amide bonds. The minimum absolute atomic E-state index is 0.219. The normalized spacial score (nSPS) is 17.6. The van der Waals surface area contributed by atoms with Crippen LogP contribution in [0, 0.1) is 0 Å². The molecule has 0 spiro atoms. The highest BCUT2D eigenvalue weighted by Gasteiger charge is 2.46. The van der Waals surface area contributed by atoms with Crippen LogP contribution in [0.3, 0.4) is 0 Å². The van der Waals surface area contributed by atoms with Crippen molar-refractivity contribution in [3.8, 4) is 0 Å². The van der Waals surface area contributed by atoms with Gasteiger partial charge in [0.15, 0.2) is 8.24 Å². The summed E-state index contributed by atoms with van der Waals surface area (Å²) in [4.78, 5) is 15.5. The Morgan fingerprint density at radius 3 is 2.39 bits per heavy atom. The molecule has 1 aliphatic rings. The van der Waals surface area contributed by atoms with Gasteiger partial charge in [0.1, 0.15) is 6.04 Å². The van der Waals surface area contributed by atoms with Crippen LogP contribution < -0.4 is 5.32 Å². The van der Waals surface area contributed by atoms with E-state index in [-0.39, 0.29) is 5.91 Å². The maximum absolute atomic E-state index is 12.6. The van der Waals surface area contributed by atoms with E-state index in [9.17, 15) is 4.79 Å². The molecule has 1 aliphatic heterocycles. The minimum atomic E-state index is -1.94. The van der Waals surface area contributed by atoms with Crippen LogP contribution in [0.2, 0.25) is 16.6 Å². The standard InChI is InChI=1S/C21H31N5OSi/c1-13(2)28(14(3)4,15(5)6)26-12-16-10-11-23-21(27)20(24-25-22)17-8-7-9-18(26)19(16)17/h7-9,12-15,20H,10-11H2,1-6H3,(H,23,27). The molecular weight excluding hydrogens is 366 g/mol. The minimum Gasteiger partial charge on any atom is -0.373 e. The lowest BCUT2D eigenvalue weighted by atomic mass is 9.97. The molecule has 1 unspecified atom stereocenters. The van der Waals surface area contributed by atoms with Crippen molar-refractivity contribution in [3.05, 3.63) is 46.0 Å². The van der Waals surface area contributed by atoms with Crippen molar-refractivity contribution < 1.29 is 4.79 Å². The number of hydrogen-bond donors (Lipinski definition) is 1. The van der Waals surface area contributed by atoms with Crippen molar-refractivity contribution in [1.82, 2.24) is 9.55 Å². The number of azide groups is 1. The maximum atomic E-state index is 12.6. The highest BCUT2D eigenvalue weighted by atomic mass is 28.3. The molecular formula is C21H31N5OSi. The lowest BCUT2D eigenvalue weighted by molar-refractivity contribution is -0.122. The van der Waals surface area contributed by atoms with Crippen molar-refractivity contribution in [2.24, 2.45) is 5.11 Å². The fourth-order valence-corrected chi connectivity index (χ4v) is 12.3. The van der Waals surface area contributed by atoms with Crippen LogP contribution in [0.5, 0.6) is 0 Å². The summed E-state index contributed by atoms with van der Waals surface area (Å²) in [6, 6.07) is 5.28. The molecule has 0 saturated heterocycles. The third-order valence-corrected chi connectivity index (χ3v) is 13.3. The van der Waals surface area contributed by atoms with Crippen molar-refractivity contribution in [2.75, 3.05) is 6.54 Å². The van der Waals surface area contributed by atoms with E-state index in [1.807, 2.05) is 12.1 Å². The van der Waals surface area contributed by atoms with E-state index < -0.39 is 14.3 Å². The second kappa shape index (κ2) is 7.64. The number of aromatic nitrogens is 1. The summed E-state index contributed by atoms with van der Waals surface area (Å²) in [7, 11) is -1.94. The van der Waals surface area contributed by atoms with Gasteiger partial charge in [-0.05, 0) is 52.0 Å². The van der Waals surface area contributed by atoms with Crippen LogP contribution in [-0.4, -0.2) is 24.9 Å². The molecule has 2 heterocycles. The number of benzene rings is 1. The Balaban J connectivity index is 2.41. The average Bonchev–Trinajstić information content (AvgIpc) is 2.97. The molecule has 28 heavy (non-hydrogen) atoms. The molecule has 0 radical (unpaired) electrons. The van der Waals surface area contributed by atoms with Gasteiger partial charge in [0.05, 0.1) is 0 Å². The summed E-state index contributed by atoms with van der Waals surface area (Å²) in [6.45, 7) is 14.7. The predicted molar refractivity (Wildman–Crippen MR) is 117 cm³/mol. The fourth-order valence-electron chi connectivity index (χ4n) is 5.69. The van der Waals surface area contributed by atoms with Gasteiger partial charge >= 0.3 is 0 Å². The zero-order valence-corrected chi connectivity index (χ0v) is 18.7. The van der Waals surface area contributed by atoms with Gasteiger partial charge in [-0.25, -0.2) is 0 Å². The zero-order chi connectivity index (χ0) is 20.6. The zero-order valence-electron chi connectivity index (χ0n) is 17.7. The van der Waals surface area contributed by atoms with Gasteiger partial charge in [-0.15, -0.1) is 0 Å². The van der Waals surface area contributed by atoms with Gasteiger partial charge in [0.2, 0.25) is 5.91 Å². The largest absolute Gasteiger partial charge is 0.373 e. The molecule has 1 N–H and O–H groups in total. The number of amides is 1. The van der Waals surface area contributed by atoms with E-state index >= 15 is 0 Å². The smallest absolute Gasteiger partial charge is 0.233 e. The van der Waals surface area contributed by atoms with Gasteiger partial charge in [0, 0.05) is 22.4 Å². The summed E-state index contributed by atoms with van der Waals surface area (Å²) in [5, 5.41) is 7.86. The molecule has 0 fully saturated rings. The summed E-state index contributed by atoms with van der Waals surface area (Å²) >= 11 is 0. The third-order valence-electron chi connectivity index (χ3n) is 6.54. The molecule has 2 aromatic rings. The topological polar surface area (TPSA) is 82.8 Å². The van der Waals surface area contributed by atoms with Crippen molar-refractivity contribution >= 4 is 25.0 Å². The second-order valence-corrected chi connectivity index (χ2v) is 14.5. The van der Waals surface area contributed by atoms with Crippen molar-refractivity contribution in [2.45, 2.75) is 70.6 Å². The average molecular weight is 398 g/mol. The third kappa shape index (κ3) is 2.93. The van der Waals surface area contributed by atoms with Gasteiger partial charge in [-0.3, -0.25) is 4.79 Å². The molecule has 3 rings (SSSR count). The van der Waals surface area contributed by atoms with E-state index in [1.54, 1.807) is 0 Å². The molecule has 6 nitrogen and oxygen atoms in total. The lowest BCUT2D eigenvalue weighted by Crippen LogP contribution is -2.51. The van der Waals surface area contributed by atoms with E-state index in [2.05, 4.69) is 73.4 Å². The number of nitrogens with one attached hydrogen (secondary N) is 1. The molecule has 1 aromatic heterocycles. The first-order valence-electron chi connectivity index (χ1n) is 10.2. The molecule has 150 valence electrons. The van der Waals surface area contributed by atoms with Crippen molar-refractivity contribution in [3.63, 3.8) is 0 Å². The van der Waals surface area contributed by atoms with Crippen LogP contribution in [0.1, 0.15) is 58.7 Å². The number of nitrogens with zero attached hydrogens (tertiary/aromatic N) is 4. The Hall–Kier alpha value is -2.24. The number of hydrogen-bond acceptors (Lipinski definition) is 2. The van der Waals surface area contributed by atoms with Gasteiger partial charge in [-0.2, -0.15) is 0 Å². The molecule has 7 heteroatoms. The van der Waals surface area contributed by atoms with Crippen LogP contribution in [0.15, 0.2) is 29.5 Å². The summed E-state index contributed by atoms with van der Waals surface area (Å²) in [5.74, 6) is -0.219. The second-order valence-electron chi connectivity index (χ2n) is 8.77. The Morgan fingerprint density at radius 1 is 1.18 bits per heavy atom. The Bertz CT molecular complexity index is 918. The summed E-state index contributed by atoms with van der Waals surface area (Å²) in [6.07, 6.45) is 3.12. The van der Waals surface area contributed by atoms with Gasteiger partial charge in [-0.1, -0.05) is 58.8 Å².